The summed E-state index contributed by atoms with van der Waals surface area (Å²) in [6.45, 7) is 7.70. The number of nitrogens with zero attached hydrogens (tertiary/aromatic N) is 2. The summed E-state index contributed by atoms with van der Waals surface area (Å²) in [5.74, 6) is 0. The fourth-order valence-corrected chi connectivity index (χ4v) is 4.98. The Bertz CT molecular complexity index is 355. The second-order valence-electron chi connectivity index (χ2n) is 7.75. The maximum atomic E-state index is 10.4. The molecule has 6 heteroatoms. The molecule has 4 rings (SSSR count). The van der Waals surface area contributed by atoms with Crippen molar-refractivity contribution >= 4 is 0 Å². The maximum absolute atomic E-state index is 10.4. The summed E-state index contributed by atoms with van der Waals surface area (Å²) in [5.41, 5.74) is 0.504. The second-order valence-corrected chi connectivity index (χ2v) is 7.75. The molecule has 0 aromatic carbocycles. The van der Waals surface area contributed by atoms with Crippen molar-refractivity contribution in [2.24, 2.45) is 10.8 Å². The van der Waals surface area contributed by atoms with Gasteiger partial charge in [0.1, 0.15) is 18.3 Å². The van der Waals surface area contributed by atoms with Crippen molar-refractivity contribution in [3.05, 3.63) is 0 Å². The Hall–Kier alpha value is -0.240. The van der Waals surface area contributed by atoms with Crippen LogP contribution < -0.4 is 0 Å². The number of aliphatic hydroxyl groups is 4. The normalized spacial score (nSPS) is 51.0. The van der Waals surface area contributed by atoms with E-state index in [0.717, 1.165) is 26.2 Å². The van der Waals surface area contributed by atoms with Crippen LogP contribution in [0.5, 0.6) is 0 Å². The Morgan fingerprint density at radius 3 is 1.85 bits per heavy atom. The van der Waals surface area contributed by atoms with E-state index in [4.69, 9.17) is 5.11 Å². The van der Waals surface area contributed by atoms with Gasteiger partial charge < -0.3 is 20.4 Å². The van der Waals surface area contributed by atoms with Crippen LogP contribution in [0.2, 0.25) is 0 Å². The van der Waals surface area contributed by atoms with Crippen molar-refractivity contribution < 1.29 is 20.4 Å². The molecule has 0 aromatic heterocycles. The zero-order valence-electron chi connectivity index (χ0n) is 12.2. The van der Waals surface area contributed by atoms with Crippen LogP contribution in [0.25, 0.3) is 0 Å². The maximum Gasteiger partial charge on any atom is 0.111 e. The zero-order valence-corrected chi connectivity index (χ0v) is 12.2. The lowest BCUT2D eigenvalue weighted by Gasteiger charge is -2.67. The molecule has 0 amide bonds. The van der Waals surface area contributed by atoms with Gasteiger partial charge in [0.15, 0.2) is 0 Å². The molecule has 6 nitrogen and oxygen atoms in total. The molecule has 4 bridgehead atoms. The molecule has 0 aliphatic carbocycles. The fraction of sp³-hybridized carbons (Fsp3) is 1.00. The minimum absolute atomic E-state index is 0.252. The van der Waals surface area contributed by atoms with Crippen LogP contribution in [0, 0.1) is 10.8 Å². The highest BCUT2D eigenvalue weighted by Gasteiger charge is 2.58. The van der Waals surface area contributed by atoms with E-state index in [9.17, 15) is 15.3 Å². The van der Waals surface area contributed by atoms with Gasteiger partial charge in [0, 0.05) is 26.2 Å². The summed E-state index contributed by atoms with van der Waals surface area (Å²) in [6.07, 6.45) is -2.73. The SMILES string of the molecule is CC12CN3CC(C)(CN(C1)C3[C@@H](O)[C@@H](O)[C@@H](O)CO)C2. The van der Waals surface area contributed by atoms with Crippen molar-refractivity contribution in [2.75, 3.05) is 32.8 Å². The summed E-state index contributed by atoms with van der Waals surface area (Å²) >= 11 is 0. The molecule has 0 saturated carbocycles. The quantitative estimate of drug-likeness (QED) is 0.500. The molecular weight excluding hydrogens is 260 g/mol. The Morgan fingerprint density at radius 1 is 1.00 bits per heavy atom. The van der Waals surface area contributed by atoms with E-state index in [0.29, 0.717) is 0 Å². The number of rotatable bonds is 4. The number of piperidine rings is 2. The summed E-state index contributed by atoms with van der Waals surface area (Å²) in [4.78, 5) is 4.46. The Balaban J connectivity index is 1.80. The number of hydrogen-bond donors (Lipinski definition) is 4. The third kappa shape index (κ3) is 2.19. The standard InChI is InChI=1S/C14H26N2O4/c1-13-4-14(2)7-15(5-13)12(16(6-13)8-14)11(20)10(19)9(18)3-17/h9-12,17-20H,3-8H2,1-2H3/t9-,10-,11-,12?,13?,14?/m0/s1. The fourth-order valence-electron chi connectivity index (χ4n) is 4.98. The average molecular weight is 286 g/mol. The summed E-state index contributed by atoms with van der Waals surface area (Å²) in [7, 11) is 0. The van der Waals surface area contributed by atoms with E-state index in [1.165, 1.54) is 6.42 Å². The van der Waals surface area contributed by atoms with Crippen molar-refractivity contribution in [3.8, 4) is 0 Å². The van der Waals surface area contributed by atoms with Crippen molar-refractivity contribution in [1.82, 2.24) is 9.80 Å². The predicted octanol–water partition coefficient (Wildman–Crippen LogP) is -1.56. The Kier molecular flexibility index (Phi) is 3.40. The highest BCUT2D eigenvalue weighted by atomic mass is 16.4. The average Bonchev–Trinajstić information content (AvgIpc) is 2.32. The van der Waals surface area contributed by atoms with Gasteiger partial charge in [-0.2, -0.15) is 0 Å². The Labute approximate surface area is 119 Å². The van der Waals surface area contributed by atoms with Gasteiger partial charge in [0.2, 0.25) is 0 Å². The number of aliphatic hydroxyl groups excluding tert-OH is 4. The van der Waals surface area contributed by atoms with Gasteiger partial charge in [-0.1, -0.05) is 13.8 Å². The van der Waals surface area contributed by atoms with E-state index in [-0.39, 0.29) is 17.0 Å². The van der Waals surface area contributed by atoms with Gasteiger partial charge in [-0.3, -0.25) is 9.80 Å². The first kappa shape index (κ1) is 14.7. The molecule has 0 spiro atoms. The van der Waals surface area contributed by atoms with E-state index >= 15 is 0 Å². The molecule has 4 fully saturated rings. The van der Waals surface area contributed by atoms with Crippen LogP contribution in [0.15, 0.2) is 0 Å². The van der Waals surface area contributed by atoms with Crippen LogP contribution >= 0.6 is 0 Å². The summed E-state index contributed by atoms with van der Waals surface area (Å²) < 4.78 is 0. The lowest BCUT2D eigenvalue weighted by molar-refractivity contribution is -0.235. The van der Waals surface area contributed by atoms with Crippen LogP contribution in [0.4, 0.5) is 0 Å². The molecule has 116 valence electrons. The van der Waals surface area contributed by atoms with E-state index in [1.807, 2.05) is 0 Å². The smallest absolute Gasteiger partial charge is 0.111 e. The molecule has 4 aliphatic heterocycles. The van der Waals surface area contributed by atoms with Gasteiger partial charge in [-0.25, -0.2) is 0 Å². The van der Waals surface area contributed by atoms with Gasteiger partial charge >= 0.3 is 0 Å². The van der Waals surface area contributed by atoms with Gasteiger partial charge in [0.05, 0.1) is 12.8 Å². The first-order valence-corrected chi connectivity index (χ1v) is 7.40. The van der Waals surface area contributed by atoms with Crippen LogP contribution in [-0.2, 0) is 0 Å². The first-order valence-electron chi connectivity index (χ1n) is 7.40. The van der Waals surface area contributed by atoms with Crippen molar-refractivity contribution in [3.63, 3.8) is 0 Å². The van der Waals surface area contributed by atoms with Gasteiger partial charge in [-0.15, -0.1) is 0 Å². The van der Waals surface area contributed by atoms with E-state index in [1.54, 1.807) is 0 Å². The van der Waals surface area contributed by atoms with Gasteiger partial charge in [0.25, 0.3) is 0 Å². The minimum Gasteiger partial charge on any atom is -0.394 e. The van der Waals surface area contributed by atoms with Gasteiger partial charge in [-0.05, 0) is 17.3 Å². The topological polar surface area (TPSA) is 87.4 Å². The zero-order chi connectivity index (χ0) is 14.7. The van der Waals surface area contributed by atoms with Crippen LogP contribution in [-0.4, -0.2) is 87.5 Å². The molecule has 4 heterocycles. The molecule has 4 aliphatic rings. The van der Waals surface area contributed by atoms with Crippen molar-refractivity contribution in [2.45, 2.75) is 44.7 Å². The summed E-state index contributed by atoms with van der Waals surface area (Å²) in [6, 6.07) is 0. The lowest BCUT2D eigenvalue weighted by atomic mass is 9.63. The predicted molar refractivity (Wildman–Crippen MR) is 72.9 cm³/mol. The van der Waals surface area contributed by atoms with Crippen molar-refractivity contribution in [1.29, 1.82) is 0 Å². The minimum atomic E-state index is -1.32. The molecule has 0 radical (unpaired) electrons. The van der Waals surface area contributed by atoms with E-state index in [2.05, 4.69) is 23.6 Å². The van der Waals surface area contributed by atoms with Crippen LogP contribution in [0.1, 0.15) is 20.3 Å². The molecule has 4 saturated heterocycles. The third-order valence-electron chi connectivity index (χ3n) is 5.18. The molecule has 0 aromatic rings. The second kappa shape index (κ2) is 4.63. The monoisotopic (exact) mass is 286 g/mol. The largest absolute Gasteiger partial charge is 0.394 e. The molecule has 0 unspecified atom stereocenters. The van der Waals surface area contributed by atoms with Crippen LogP contribution in [0.3, 0.4) is 0 Å². The van der Waals surface area contributed by atoms with E-state index < -0.39 is 24.9 Å². The highest BCUT2D eigenvalue weighted by Crippen LogP contribution is 2.51. The highest BCUT2D eigenvalue weighted by molar-refractivity contribution is 5.09. The molecule has 20 heavy (non-hydrogen) atoms. The number of hydrogen-bond acceptors (Lipinski definition) is 6. The molecule has 4 N–H and O–H groups in total. The molecular formula is C14H26N2O4. The summed E-state index contributed by atoms with van der Waals surface area (Å²) in [5, 5.41) is 38.9. The lowest BCUT2D eigenvalue weighted by Crippen LogP contribution is -2.77. The Morgan fingerprint density at radius 2 is 1.45 bits per heavy atom. The third-order valence-corrected chi connectivity index (χ3v) is 5.18. The molecule has 3 atom stereocenters. The first-order chi connectivity index (χ1) is 9.27.